The van der Waals surface area contributed by atoms with Crippen molar-refractivity contribution >= 4 is 23.5 Å². The molecule has 0 unspecified atom stereocenters. The van der Waals surface area contributed by atoms with E-state index in [2.05, 4.69) is 0 Å². The Labute approximate surface area is 215 Å². The summed E-state index contributed by atoms with van der Waals surface area (Å²) in [6, 6.07) is 23.9. The Bertz CT molecular complexity index is 1260. The Hall–Kier alpha value is -4.01. The zero-order valence-electron chi connectivity index (χ0n) is 20.4. The lowest BCUT2D eigenvalue weighted by molar-refractivity contribution is -0.197. The lowest BCUT2D eigenvalue weighted by Crippen LogP contribution is -2.39. The number of nitrogens with zero attached hydrogens (tertiary/aromatic N) is 2. The highest BCUT2D eigenvalue weighted by Gasteiger charge is 2.61. The molecule has 3 aromatic carbocycles. The highest BCUT2D eigenvalue weighted by atomic mass is 16.7. The largest absolute Gasteiger partial charge is 0.494 e. The summed E-state index contributed by atoms with van der Waals surface area (Å²) >= 11 is 0. The Morgan fingerprint density at radius 3 is 2.22 bits per heavy atom. The number of carboxylic acids is 1. The van der Waals surface area contributed by atoms with Gasteiger partial charge in [0.25, 0.3) is 5.91 Å². The van der Waals surface area contributed by atoms with Crippen LogP contribution in [0.4, 0.5) is 5.69 Å². The summed E-state index contributed by atoms with van der Waals surface area (Å²) in [4.78, 5) is 46.6. The molecule has 2 aliphatic rings. The maximum absolute atomic E-state index is 13.8. The number of carboxylic acid groups (broad SMARTS) is 1. The van der Waals surface area contributed by atoms with Crippen molar-refractivity contribution < 1.29 is 29.1 Å². The van der Waals surface area contributed by atoms with Gasteiger partial charge in [-0.2, -0.15) is 5.06 Å². The van der Waals surface area contributed by atoms with Crippen molar-refractivity contribution in [3.05, 3.63) is 96.1 Å². The van der Waals surface area contributed by atoms with Gasteiger partial charge in [0.1, 0.15) is 5.75 Å². The first-order valence-corrected chi connectivity index (χ1v) is 12.4. The van der Waals surface area contributed by atoms with Crippen molar-refractivity contribution in [2.24, 2.45) is 5.92 Å². The van der Waals surface area contributed by atoms with E-state index in [0.717, 1.165) is 17.5 Å². The summed E-state index contributed by atoms with van der Waals surface area (Å²) in [7, 11) is 0. The van der Waals surface area contributed by atoms with Gasteiger partial charge in [-0.25, -0.2) is 4.90 Å². The highest BCUT2D eigenvalue weighted by Crippen LogP contribution is 2.49. The average molecular weight is 501 g/mol. The molecule has 3 aromatic rings. The van der Waals surface area contributed by atoms with Crippen LogP contribution in [0.25, 0.3) is 0 Å². The van der Waals surface area contributed by atoms with Crippen LogP contribution >= 0.6 is 0 Å². The molecule has 37 heavy (non-hydrogen) atoms. The van der Waals surface area contributed by atoms with E-state index < -0.39 is 36.0 Å². The molecule has 2 aliphatic heterocycles. The van der Waals surface area contributed by atoms with Crippen molar-refractivity contribution in [1.82, 2.24) is 5.06 Å². The second kappa shape index (κ2) is 10.5. The number of aliphatic carboxylic acids is 1. The molecule has 0 bridgehead atoms. The van der Waals surface area contributed by atoms with E-state index in [9.17, 15) is 19.5 Å². The minimum absolute atomic E-state index is 0.252. The molecule has 0 aliphatic carbocycles. The molecule has 0 saturated carbocycles. The van der Waals surface area contributed by atoms with E-state index in [4.69, 9.17) is 9.57 Å². The van der Waals surface area contributed by atoms with Gasteiger partial charge >= 0.3 is 5.97 Å². The van der Waals surface area contributed by atoms with Gasteiger partial charge in [-0.05, 0) is 41.8 Å². The van der Waals surface area contributed by atoms with Crippen molar-refractivity contribution in [2.75, 3.05) is 11.5 Å². The van der Waals surface area contributed by atoms with Crippen LogP contribution in [0.15, 0.2) is 84.9 Å². The van der Waals surface area contributed by atoms with Crippen LogP contribution in [0.3, 0.4) is 0 Å². The molecule has 8 heteroatoms. The second-order valence-electron chi connectivity index (χ2n) is 9.15. The van der Waals surface area contributed by atoms with Gasteiger partial charge in [0.2, 0.25) is 5.91 Å². The minimum atomic E-state index is -1.06. The average Bonchev–Trinajstić information content (AvgIpc) is 3.42. The number of carbonyl (C=O) groups is 3. The summed E-state index contributed by atoms with van der Waals surface area (Å²) in [6.07, 6.45) is -0.443. The highest BCUT2D eigenvalue weighted by molar-refractivity contribution is 6.23. The molecule has 2 amide bonds. The SMILES string of the molecule is CCCOc1ccc(N2C(=O)[C@H]3[C@H](ON([C@@H](CC(=O)O)c4ccccc4)[C@H]3c3ccccc3)C2=O)cc1. The minimum Gasteiger partial charge on any atom is -0.494 e. The first kappa shape index (κ1) is 24.7. The molecule has 2 heterocycles. The quantitative estimate of drug-likeness (QED) is 0.431. The summed E-state index contributed by atoms with van der Waals surface area (Å²) < 4.78 is 5.62. The Balaban J connectivity index is 1.51. The molecule has 0 spiro atoms. The van der Waals surface area contributed by atoms with Gasteiger partial charge < -0.3 is 9.84 Å². The summed E-state index contributed by atoms with van der Waals surface area (Å²) in [5.74, 6) is -2.02. The van der Waals surface area contributed by atoms with Crippen LogP contribution in [0, 0.1) is 5.92 Å². The number of hydrogen-bond acceptors (Lipinski definition) is 6. The number of carbonyl (C=O) groups excluding carboxylic acids is 2. The first-order valence-electron chi connectivity index (χ1n) is 12.4. The molecule has 190 valence electrons. The van der Waals surface area contributed by atoms with Crippen LogP contribution in [-0.2, 0) is 19.2 Å². The van der Waals surface area contributed by atoms with Gasteiger partial charge in [0.05, 0.1) is 36.7 Å². The maximum atomic E-state index is 13.8. The zero-order chi connectivity index (χ0) is 25.9. The van der Waals surface area contributed by atoms with E-state index in [-0.39, 0.29) is 12.3 Å². The molecule has 0 aromatic heterocycles. The fourth-order valence-electron chi connectivity index (χ4n) is 5.07. The molecule has 2 fully saturated rings. The van der Waals surface area contributed by atoms with Crippen molar-refractivity contribution in [2.45, 2.75) is 38.0 Å². The molecule has 8 nitrogen and oxygen atoms in total. The normalized spacial score (nSPS) is 22.2. The topological polar surface area (TPSA) is 96.4 Å². The predicted molar refractivity (Wildman–Crippen MR) is 136 cm³/mol. The molecule has 5 rings (SSSR count). The third kappa shape index (κ3) is 4.73. The number of imide groups is 1. The molecular weight excluding hydrogens is 472 g/mol. The molecule has 1 N–H and O–H groups in total. The molecule has 2 saturated heterocycles. The standard InChI is InChI=1S/C29H28N2O6/c1-2-17-36-22-15-13-21(14-16-22)30-28(34)25-26(20-11-7-4-8-12-20)31(37-27(25)29(30)35)23(18-24(32)33)19-9-5-3-6-10-19/h3-16,23,25-27H,2,17-18H2,1H3,(H,32,33)/t23-,25+,26-,27-/m0/s1. The third-order valence-electron chi connectivity index (χ3n) is 6.71. The monoisotopic (exact) mass is 500 g/mol. The van der Waals surface area contributed by atoms with E-state index >= 15 is 0 Å². The Morgan fingerprint density at radius 1 is 0.946 bits per heavy atom. The second-order valence-corrected chi connectivity index (χ2v) is 9.15. The molecular formula is C29H28N2O6. The van der Waals surface area contributed by atoms with Crippen LogP contribution in [0.1, 0.15) is 43.0 Å². The number of benzene rings is 3. The predicted octanol–water partition coefficient (Wildman–Crippen LogP) is 4.54. The van der Waals surface area contributed by atoms with E-state index in [1.54, 1.807) is 29.3 Å². The Kier molecular flexibility index (Phi) is 7.03. The van der Waals surface area contributed by atoms with Gasteiger partial charge in [0.15, 0.2) is 6.10 Å². The van der Waals surface area contributed by atoms with Crippen LogP contribution in [-0.4, -0.2) is 40.7 Å². The molecule has 4 atom stereocenters. The lowest BCUT2D eigenvalue weighted by Gasteiger charge is -2.33. The number of anilines is 1. The summed E-state index contributed by atoms with van der Waals surface area (Å²) in [6.45, 7) is 2.59. The van der Waals surface area contributed by atoms with Gasteiger partial charge in [-0.1, -0.05) is 67.6 Å². The molecule has 0 radical (unpaired) electrons. The first-order chi connectivity index (χ1) is 18.0. The summed E-state index contributed by atoms with van der Waals surface area (Å²) in [5.41, 5.74) is 1.94. The maximum Gasteiger partial charge on any atom is 0.305 e. The number of fused-ring (bicyclic) bond motifs is 1. The van der Waals surface area contributed by atoms with Crippen LogP contribution < -0.4 is 9.64 Å². The zero-order valence-corrected chi connectivity index (χ0v) is 20.4. The van der Waals surface area contributed by atoms with E-state index in [1.807, 2.05) is 67.6 Å². The van der Waals surface area contributed by atoms with E-state index in [1.165, 1.54) is 4.90 Å². The number of hydrogen-bond donors (Lipinski definition) is 1. The van der Waals surface area contributed by atoms with Crippen molar-refractivity contribution in [3.63, 3.8) is 0 Å². The Morgan fingerprint density at radius 2 is 1.59 bits per heavy atom. The number of hydroxylamine groups is 2. The number of ether oxygens (including phenoxy) is 1. The van der Waals surface area contributed by atoms with Crippen molar-refractivity contribution in [3.8, 4) is 5.75 Å². The smallest absolute Gasteiger partial charge is 0.305 e. The van der Waals surface area contributed by atoms with Gasteiger partial charge in [-0.15, -0.1) is 0 Å². The number of amides is 2. The lowest BCUT2D eigenvalue weighted by atomic mass is 9.89. The number of rotatable bonds is 9. The fraction of sp³-hybridized carbons (Fsp3) is 0.276. The fourth-order valence-corrected chi connectivity index (χ4v) is 5.07. The summed E-state index contributed by atoms with van der Waals surface area (Å²) in [5, 5.41) is 11.2. The van der Waals surface area contributed by atoms with Crippen LogP contribution in [0.5, 0.6) is 5.75 Å². The van der Waals surface area contributed by atoms with E-state index in [0.29, 0.717) is 18.0 Å². The van der Waals surface area contributed by atoms with Gasteiger partial charge in [-0.3, -0.25) is 19.2 Å². The third-order valence-corrected chi connectivity index (χ3v) is 6.71. The van der Waals surface area contributed by atoms with Gasteiger partial charge in [0, 0.05) is 0 Å². The van der Waals surface area contributed by atoms with Crippen LogP contribution in [0.2, 0.25) is 0 Å². The van der Waals surface area contributed by atoms with Crippen molar-refractivity contribution in [1.29, 1.82) is 0 Å².